The molecule has 3 heteroatoms. The maximum atomic E-state index is 9.29. The maximum absolute atomic E-state index is 9.29. The van der Waals surface area contributed by atoms with Crippen molar-refractivity contribution in [2.45, 2.75) is 18.6 Å². The first-order valence-corrected chi connectivity index (χ1v) is 3.78. The third kappa shape index (κ3) is 2.02. The van der Waals surface area contributed by atoms with Gasteiger partial charge in [0.2, 0.25) is 0 Å². The van der Waals surface area contributed by atoms with E-state index in [1.165, 1.54) is 0 Å². The molecule has 3 atom stereocenters. The van der Waals surface area contributed by atoms with Gasteiger partial charge in [-0.2, -0.15) is 0 Å². The van der Waals surface area contributed by atoms with Gasteiger partial charge in [0.15, 0.2) is 0 Å². The molecule has 1 aliphatic rings. The van der Waals surface area contributed by atoms with Crippen LogP contribution in [0.4, 0.5) is 0 Å². The highest BCUT2D eigenvalue weighted by Crippen LogP contribution is 2.19. The van der Waals surface area contributed by atoms with Gasteiger partial charge in [-0.15, -0.1) is 0 Å². The van der Waals surface area contributed by atoms with Crippen LogP contribution in [-0.4, -0.2) is 36.1 Å². The first-order chi connectivity index (χ1) is 5.27. The van der Waals surface area contributed by atoms with Crippen LogP contribution in [0.25, 0.3) is 0 Å². The van der Waals surface area contributed by atoms with Gasteiger partial charge in [0, 0.05) is 19.6 Å². The lowest BCUT2D eigenvalue weighted by Gasteiger charge is -2.26. The molecule has 1 rings (SSSR count). The fraction of sp³-hybridized carbons (Fsp3) is 0.750. The Hall–Kier alpha value is -0.380. The van der Waals surface area contributed by atoms with Crippen LogP contribution < -0.4 is 0 Å². The Bertz CT molecular complexity index is 144. The Morgan fingerprint density at radius 1 is 1.55 bits per heavy atom. The monoisotopic (exact) mass is 158 g/mol. The Morgan fingerprint density at radius 2 is 2.27 bits per heavy atom. The van der Waals surface area contributed by atoms with E-state index in [2.05, 4.69) is 0 Å². The summed E-state index contributed by atoms with van der Waals surface area (Å²) in [4.78, 5) is 0. The Kier molecular flexibility index (Phi) is 3.05. The molecular weight excluding hydrogens is 144 g/mol. The van der Waals surface area contributed by atoms with Crippen molar-refractivity contribution in [3.63, 3.8) is 0 Å². The van der Waals surface area contributed by atoms with E-state index in [1.54, 1.807) is 13.2 Å². The minimum atomic E-state index is -0.511. The summed E-state index contributed by atoms with van der Waals surface area (Å²) in [5, 5.41) is 18.1. The summed E-state index contributed by atoms with van der Waals surface area (Å²) in [5.41, 5.74) is 0. The van der Waals surface area contributed by atoms with Crippen molar-refractivity contribution in [2.75, 3.05) is 13.7 Å². The first kappa shape index (κ1) is 8.71. The third-order valence-electron chi connectivity index (χ3n) is 2.03. The molecule has 0 aliphatic heterocycles. The Morgan fingerprint density at radius 3 is 2.82 bits per heavy atom. The normalized spacial score (nSPS) is 37.5. The second-order valence-corrected chi connectivity index (χ2v) is 2.83. The third-order valence-corrected chi connectivity index (χ3v) is 2.03. The van der Waals surface area contributed by atoms with Crippen LogP contribution in [-0.2, 0) is 4.74 Å². The lowest BCUT2D eigenvalue weighted by atomic mass is 9.92. The second-order valence-electron chi connectivity index (χ2n) is 2.83. The van der Waals surface area contributed by atoms with E-state index >= 15 is 0 Å². The highest BCUT2D eigenvalue weighted by Gasteiger charge is 2.23. The smallest absolute Gasteiger partial charge is 0.0982 e. The van der Waals surface area contributed by atoms with Gasteiger partial charge in [-0.25, -0.2) is 0 Å². The van der Waals surface area contributed by atoms with Crippen LogP contribution in [0.5, 0.6) is 0 Å². The Balaban J connectivity index is 2.52. The van der Waals surface area contributed by atoms with Gasteiger partial charge in [0.05, 0.1) is 12.2 Å². The fourth-order valence-electron chi connectivity index (χ4n) is 1.28. The molecule has 0 aromatic rings. The summed E-state index contributed by atoms with van der Waals surface area (Å²) in [6.45, 7) is 0.128. The van der Waals surface area contributed by atoms with Crippen molar-refractivity contribution in [3.05, 3.63) is 12.2 Å². The number of rotatable bonds is 2. The van der Waals surface area contributed by atoms with Gasteiger partial charge in [0.25, 0.3) is 0 Å². The number of aliphatic hydroxyl groups is 2. The zero-order valence-electron chi connectivity index (χ0n) is 6.60. The predicted octanol–water partition coefficient (Wildman–Crippen LogP) is -0.0693. The van der Waals surface area contributed by atoms with Gasteiger partial charge in [0.1, 0.15) is 0 Å². The molecule has 0 heterocycles. The van der Waals surface area contributed by atoms with Gasteiger partial charge in [-0.1, -0.05) is 12.2 Å². The molecule has 0 saturated carbocycles. The molecule has 0 amide bonds. The molecule has 0 fully saturated rings. The predicted molar refractivity (Wildman–Crippen MR) is 41.1 cm³/mol. The largest absolute Gasteiger partial charge is 0.396 e. The molecule has 0 radical (unpaired) electrons. The molecule has 0 spiro atoms. The summed E-state index contributed by atoms with van der Waals surface area (Å²) < 4.78 is 5.02. The molecule has 11 heavy (non-hydrogen) atoms. The lowest BCUT2D eigenvalue weighted by Crippen LogP contribution is -2.32. The molecular formula is C8H14O3. The lowest BCUT2D eigenvalue weighted by molar-refractivity contribution is -0.00973. The Labute approximate surface area is 66.3 Å². The number of methoxy groups -OCH3 is 1. The van der Waals surface area contributed by atoms with Gasteiger partial charge in [-0.3, -0.25) is 0 Å². The molecule has 0 saturated heterocycles. The van der Waals surface area contributed by atoms with Crippen molar-refractivity contribution in [3.8, 4) is 0 Å². The van der Waals surface area contributed by atoms with E-state index in [4.69, 9.17) is 9.84 Å². The minimum absolute atomic E-state index is 0.128. The SMILES string of the molecule is CO[C@@H]1C[C@H](CO)C=C[C@H]1O. The van der Waals surface area contributed by atoms with Crippen LogP contribution in [0, 0.1) is 5.92 Å². The van der Waals surface area contributed by atoms with Gasteiger partial charge >= 0.3 is 0 Å². The molecule has 64 valence electrons. The van der Waals surface area contributed by atoms with E-state index < -0.39 is 6.10 Å². The number of ether oxygens (including phenoxy) is 1. The van der Waals surface area contributed by atoms with Crippen LogP contribution in [0.2, 0.25) is 0 Å². The summed E-state index contributed by atoms with van der Waals surface area (Å²) >= 11 is 0. The summed E-state index contributed by atoms with van der Waals surface area (Å²) in [6.07, 6.45) is 3.54. The zero-order chi connectivity index (χ0) is 8.27. The van der Waals surface area contributed by atoms with Crippen LogP contribution >= 0.6 is 0 Å². The average Bonchev–Trinajstić information content (AvgIpc) is 2.05. The van der Waals surface area contributed by atoms with E-state index in [9.17, 15) is 5.11 Å². The van der Waals surface area contributed by atoms with Crippen LogP contribution in [0.1, 0.15) is 6.42 Å². The van der Waals surface area contributed by atoms with Gasteiger partial charge in [-0.05, 0) is 6.42 Å². The first-order valence-electron chi connectivity index (χ1n) is 3.78. The maximum Gasteiger partial charge on any atom is 0.0982 e. The zero-order valence-corrected chi connectivity index (χ0v) is 6.60. The van der Waals surface area contributed by atoms with Crippen molar-refractivity contribution in [1.29, 1.82) is 0 Å². The topological polar surface area (TPSA) is 49.7 Å². The number of hydrogen-bond acceptors (Lipinski definition) is 3. The second kappa shape index (κ2) is 3.85. The average molecular weight is 158 g/mol. The van der Waals surface area contributed by atoms with Crippen LogP contribution in [0.15, 0.2) is 12.2 Å². The van der Waals surface area contributed by atoms with E-state index in [-0.39, 0.29) is 18.6 Å². The molecule has 0 aromatic carbocycles. The van der Waals surface area contributed by atoms with Crippen LogP contribution in [0.3, 0.4) is 0 Å². The van der Waals surface area contributed by atoms with E-state index in [0.29, 0.717) is 6.42 Å². The standard InChI is InChI=1S/C8H14O3/c1-11-8-4-6(5-9)2-3-7(8)10/h2-3,6-10H,4-5H2,1H3/t6-,7-,8-/m1/s1. The number of hydrogen-bond donors (Lipinski definition) is 2. The highest BCUT2D eigenvalue weighted by atomic mass is 16.5. The quantitative estimate of drug-likeness (QED) is 0.553. The van der Waals surface area contributed by atoms with E-state index in [0.717, 1.165) is 0 Å². The molecule has 1 aliphatic carbocycles. The molecule has 0 unspecified atom stereocenters. The van der Waals surface area contributed by atoms with Crippen molar-refractivity contribution in [2.24, 2.45) is 5.92 Å². The van der Waals surface area contributed by atoms with E-state index in [1.807, 2.05) is 6.08 Å². The van der Waals surface area contributed by atoms with Crippen molar-refractivity contribution < 1.29 is 14.9 Å². The fourth-order valence-corrected chi connectivity index (χ4v) is 1.28. The number of aliphatic hydroxyl groups excluding tert-OH is 2. The minimum Gasteiger partial charge on any atom is -0.396 e. The molecule has 3 nitrogen and oxygen atoms in total. The summed E-state index contributed by atoms with van der Waals surface area (Å²) in [5.74, 6) is 0.142. The molecule has 0 aromatic heterocycles. The summed E-state index contributed by atoms with van der Waals surface area (Å²) in [7, 11) is 1.57. The van der Waals surface area contributed by atoms with Gasteiger partial charge < -0.3 is 14.9 Å². The van der Waals surface area contributed by atoms with Crippen molar-refractivity contribution >= 4 is 0 Å². The highest BCUT2D eigenvalue weighted by molar-refractivity contribution is 5.02. The molecule has 0 bridgehead atoms. The van der Waals surface area contributed by atoms with Crippen molar-refractivity contribution in [1.82, 2.24) is 0 Å². The summed E-state index contributed by atoms with van der Waals surface area (Å²) in [6, 6.07) is 0. The molecule has 2 N–H and O–H groups in total.